The van der Waals surface area contributed by atoms with E-state index >= 15 is 0 Å². The largest absolute Gasteiger partial charge is 0.414 e. The molecule has 1 N–H and O–H groups in total. The lowest BCUT2D eigenvalue weighted by molar-refractivity contribution is -0.184. The van der Waals surface area contributed by atoms with Gasteiger partial charge in [0.05, 0.1) is 5.56 Å². The summed E-state index contributed by atoms with van der Waals surface area (Å²) in [5.74, 6) is -0.153. The fraction of sp³-hybridized carbons (Fsp3) is 0.400. The van der Waals surface area contributed by atoms with Gasteiger partial charge in [0.2, 0.25) is 0 Å². The lowest BCUT2D eigenvalue weighted by atomic mass is 10.3. The van der Waals surface area contributed by atoms with Crippen LogP contribution < -0.4 is 10.4 Å². The third-order valence-corrected chi connectivity index (χ3v) is 1.87. The fourth-order valence-electron chi connectivity index (χ4n) is 1.03. The van der Waals surface area contributed by atoms with Crippen LogP contribution in [0.15, 0.2) is 18.3 Å². The zero-order valence-corrected chi connectivity index (χ0v) is 9.78. The van der Waals surface area contributed by atoms with Crippen LogP contribution in [0, 0.1) is 0 Å². The van der Waals surface area contributed by atoms with E-state index in [1.54, 1.807) is 30.5 Å². The molecule has 1 aromatic heterocycles. The van der Waals surface area contributed by atoms with Crippen LogP contribution in [-0.4, -0.2) is 37.8 Å². The summed E-state index contributed by atoms with van der Waals surface area (Å²) in [7, 11) is 3.54. The lowest BCUT2D eigenvalue weighted by Gasteiger charge is -2.11. The van der Waals surface area contributed by atoms with Gasteiger partial charge in [-0.15, -0.1) is 0 Å². The number of rotatable bonds is 4. The molecule has 0 aliphatic heterocycles. The number of nitrogens with one attached hydrogen (secondary N) is 1. The number of hydrogen-bond donors (Lipinski definition) is 1. The summed E-state index contributed by atoms with van der Waals surface area (Å²) in [4.78, 5) is 21.1. The van der Waals surface area contributed by atoms with Crippen molar-refractivity contribution in [2.45, 2.75) is 6.18 Å². The number of halogens is 3. The van der Waals surface area contributed by atoms with Crippen LogP contribution in [0.4, 0.5) is 19.0 Å². The van der Waals surface area contributed by atoms with Gasteiger partial charge in [-0.3, -0.25) is 9.63 Å². The minimum atomic E-state index is -4.49. The van der Waals surface area contributed by atoms with Crippen LogP contribution >= 0.6 is 0 Å². The molecular weight excluding hydrogens is 251 g/mol. The maximum atomic E-state index is 11.8. The molecule has 5 nitrogen and oxygen atoms in total. The Kier molecular flexibility index (Phi) is 4.49. The van der Waals surface area contributed by atoms with E-state index in [-0.39, 0.29) is 5.56 Å². The predicted molar refractivity (Wildman–Crippen MR) is 58.0 cm³/mol. The molecule has 1 rings (SSSR count). The summed E-state index contributed by atoms with van der Waals surface area (Å²) in [5.41, 5.74) is 1.81. The van der Waals surface area contributed by atoms with Gasteiger partial charge < -0.3 is 4.90 Å². The molecule has 0 spiro atoms. The highest BCUT2D eigenvalue weighted by Crippen LogP contribution is 2.13. The highest BCUT2D eigenvalue weighted by Gasteiger charge is 2.28. The second-order valence-electron chi connectivity index (χ2n) is 3.63. The minimum Gasteiger partial charge on any atom is -0.363 e. The maximum Gasteiger partial charge on any atom is 0.414 e. The number of anilines is 1. The number of alkyl halides is 3. The number of aromatic nitrogens is 1. The van der Waals surface area contributed by atoms with E-state index in [9.17, 15) is 18.0 Å². The number of hydroxylamine groups is 1. The number of pyridine rings is 1. The number of carbonyl (C=O) groups excluding carboxylic acids is 1. The number of carbonyl (C=O) groups is 1. The van der Waals surface area contributed by atoms with Crippen molar-refractivity contribution in [1.82, 2.24) is 10.5 Å². The molecule has 0 fully saturated rings. The molecule has 0 bridgehead atoms. The molecule has 18 heavy (non-hydrogen) atoms. The molecule has 0 unspecified atom stereocenters. The lowest BCUT2D eigenvalue weighted by Crippen LogP contribution is -2.29. The Morgan fingerprint density at radius 2 is 2.11 bits per heavy atom. The van der Waals surface area contributed by atoms with Crippen LogP contribution in [0.5, 0.6) is 0 Å². The Morgan fingerprint density at radius 1 is 1.44 bits per heavy atom. The molecule has 0 saturated carbocycles. The van der Waals surface area contributed by atoms with Gasteiger partial charge >= 0.3 is 6.18 Å². The second-order valence-corrected chi connectivity index (χ2v) is 3.63. The molecule has 100 valence electrons. The van der Waals surface area contributed by atoms with E-state index in [1.165, 1.54) is 12.3 Å². The van der Waals surface area contributed by atoms with Crippen LogP contribution in [0.3, 0.4) is 0 Å². The summed E-state index contributed by atoms with van der Waals surface area (Å²) < 4.78 is 35.3. The van der Waals surface area contributed by atoms with Crippen LogP contribution in [0.1, 0.15) is 10.4 Å². The average Bonchev–Trinajstić information content (AvgIpc) is 2.27. The molecule has 0 atom stereocenters. The molecular formula is C10H12F3N3O2. The number of amides is 1. The average molecular weight is 263 g/mol. The van der Waals surface area contributed by atoms with Gasteiger partial charge in [-0.1, -0.05) is 0 Å². The standard InChI is InChI=1S/C10H12F3N3O2/c1-16(2)8-4-3-7(5-14-8)9(17)15-18-6-10(11,12)13/h3-5H,6H2,1-2H3,(H,15,17). The summed E-state index contributed by atoms with van der Waals surface area (Å²) in [6, 6.07) is 3.01. The third-order valence-electron chi connectivity index (χ3n) is 1.87. The van der Waals surface area contributed by atoms with Gasteiger partial charge in [-0.05, 0) is 12.1 Å². The highest BCUT2D eigenvalue weighted by atomic mass is 19.4. The maximum absolute atomic E-state index is 11.8. The van der Waals surface area contributed by atoms with Crippen molar-refractivity contribution < 1.29 is 22.8 Å². The highest BCUT2D eigenvalue weighted by molar-refractivity contribution is 5.93. The Morgan fingerprint density at radius 3 is 2.56 bits per heavy atom. The van der Waals surface area contributed by atoms with Gasteiger partial charge in [-0.25, -0.2) is 10.5 Å². The number of hydrogen-bond acceptors (Lipinski definition) is 4. The van der Waals surface area contributed by atoms with E-state index in [4.69, 9.17) is 0 Å². The third kappa shape index (κ3) is 4.58. The summed E-state index contributed by atoms with van der Waals surface area (Å²) in [6.45, 7) is -1.54. The fourth-order valence-corrected chi connectivity index (χ4v) is 1.03. The van der Waals surface area contributed by atoms with E-state index in [1.807, 2.05) is 0 Å². The molecule has 0 aromatic carbocycles. The first-order valence-corrected chi connectivity index (χ1v) is 4.92. The van der Waals surface area contributed by atoms with Crippen LogP contribution in [0.2, 0.25) is 0 Å². The second kappa shape index (κ2) is 5.67. The number of nitrogens with zero attached hydrogens (tertiary/aromatic N) is 2. The molecule has 1 aromatic rings. The first kappa shape index (κ1) is 14.2. The first-order valence-electron chi connectivity index (χ1n) is 4.92. The van der Waals surface area contributed by atoms with Gasteiger partial charge in [-0.2, -0.15) is 13.2 Å². The van der Waals surface area contributed by atoms with E-state index in [0.29, 0.717) is 5.82 Å². The topological polar surface area (TPSA) is 54.5 Å². The monoisotopic (exact) mass is 263 g/mol. The van der Waals surface area contributed by atoms with E-state index in [0.717, 1.165) is 0 Å². The summed E-state index contributed by atoms with van der Waals surface area (Å²) >= 11 is 0. The van der Waals surface area contributed by atoms with Crippen molar-refractivity contribution in [1.29, 1.82) is 0 Å². The van der Waals surface area contributed by atoms with Gasteiger partial charge in [0, 0.05) is 20.3 Å². The molecule has 0 aliphatic rings. The molecule has 0 saturated heterocycles. The van der Waals surface area contributed by atoms with Crippen molar-refractivity contribution in [3.8, 4) is 0 Å². The van der Waals surface area contributed by atoms with Gasteiger partial charge in [0.15, 0.2) is 6.61 Å². The van der Waals surface area contributed by atoms with Crippen molar-refractivity contribution >= 4 is 11.7 Å². The Hall–Kier alpha value is -1.83. The smallest absolute Gasteiger partial charge is 0.363 e. The molecule has 1 heterocycles. The normalized spacial score (nSPS) is 11.2. The summed E-state index contributed by atoms with van der Waals surface area (Å²) in [6.07, 6.45) is -3.23. The molecule has 8 heteroatoms. The van der Waals surface area contributed by atoms with Crippen molar-refractivity contribution in [3.05, 3.63) is 23.9 Å². The van der Waals surface area contributed by atoms with Crippen molar-refractivity contribution in [3.63, 3.8) is 0 Å². The van der Waals surface area contributed by atoms with Crippen molar-refractivity contribution in [2.24, 2.45) is 0 Å². The molecule has 0 aliphatic carbocycles. The SMILES string of the molecule is CN(C)c1ccc(C(=O)NOCC(F)(F)F)cn1. The molecule has 1 amide bonds. The Bertz CT molecular complexity index is 404. The van der Waals surface area contributed by atoms with Crippen LogP contribution in [0.25, 0.3) is 0 Å². The van der Waals surface area contributed by atoms with E-state index < -0.39 is 18.7 Å². The molecule has 0 radical (unpaired) electrons. The zero-order chi connectivity index (χ0) is 13.8. The predicted octanol–water partition coefficient (Wildman–Crippen LogP) is 1.37. The van der Waals surface area contributed by atoms with Gasteiger partial charge in [0.1, 0.15) is 5.82 Å². The Balaban J connectivity index is 2.52. The van der Waals surface area contributed by atoms with E-state index in [2.05, 4.69) is 9.82 Å². The first-order chi connectivity index (χ1) is 8.29. The minimum absolute atomic E-state index is 0.114. The Labute approximate surface area is 102 Å². The van der Waals surface area contributed by atoms with Crippen LogP contribution in [-0.2, 0) is 4.84 Å². The quantitative estimate of drug-likeness (QED) is 0.834. The van der Waals surface area contributed by atoms with Gasteiger partial charge in [0.25, 0.3) is 5.91 Å². The zero-order valence-electron chi connectivity index (χ0n) is 9.78. The van der Waals surface area contributed by atoms with Crippen molar-refractivity contribution in [2.75, 3.05) is 25.6 Å². The summed E-state index contributed by atoms with van der Waals surface area (Å²) in [5, 5.41) is 0.